The molecule has 0 atom stereocenters. The maximum absolute atomic E-state index is 13.4. The Labute approximate surface area is 97.3 Å². The Balaban J connectivity index is 2.99. The first-order valence-corrected chi connectivity index (χ1v) is 4.92. The highest BCUT2D eigenvalue weighted by Gasteiger charge is 2.29. The highest BCUT2D eigenvalue weighted by Crippen LogP contribution is 2.17. The van der Waals surface area contributed by atoms with Gasteiger partial charge in [-0.2, -0.15) is 4.98 Å². The van der Waals surface area contributed by atoms with Gasteiger partial charge in [0.25, 0.3) is 0 Å². The molecule has 17 heavy (non-hydrogen) atoms. The van der Waals surface area contributed by atoms with Crippen LogP contribution in [0.1, 0.15) is 0 Å². The minimum absolute atomic E-state index is 0.177. The summed E-state index contributed by atoms with van der Waals surface area (Å²) in [4.78, 5) is 7.42. The van der Waals surface area contributed by atoms with Gasteiger partial charge < -0.3 is 26.0 Å². The van der Waals surface area contributed by atoms with Crippen molar-refractivity contribution in [2.75, 3.05) is 37.5 Å². The summed E-state index contributed by atoms with van der Waals surface area (Å²) in [5.74, 6) is -0.776. The molecule has 0 bridgehead atoms. The molecule has 0 radical (unpaired) electrons. The Morgan fingerprint density at radius 1 is 1.29 bits per heavy atom. The molecule has 0 aliphatic carbocycles. The Bertz CT molecular complexity index is 365. The Hall–Kier alpha value is -1.51. The largest absolute Gasteiger partial charge is 0.394 e. The van der Waals surface area contributed by atoms with Crippen LogP contribution >= 0.6 is 0 Å². The van der Waals surface area contributed by atoms with E-state index in [0.29, 0.717) is 0 Å². The quantitative estimate of drug-likeness (QED) is 0.428. The lowest BCUT2D eigenvalue weighted by Crippen LogP contribution is -2.49. The van der Waals surface area contributed by atoms with E-state index in [4.69, 9.17) is 15.3 Å². The third kappa shape index (κ3) is 2.99. The fourth-order valence-electron chi connectivity index (χ4n) is 1.09. The molecule has 7 nitrogen and oxygen atoms in total. The SMILES string of the molecule is CNc1ncc(F)c(NC(CO)(CO)CO)n1. The molecule has 0 saturated carbocycles. The number of aliphatic hydroxyl groups is 3. The average Bonchev–Trinajstić information content (AvgIpc) is 2.38. The first-order valence-electron chi connectivity index (χ1n) is 4.92. The van der Waals surface area contributed by atoms with Crippen molar-refractivity contribution in [3.63, 3.8) is 0 Å². The van der Waals surface area contributed by atoms with E-state index in [1.165, 1.54) is 0 Å². The van der Waals surface area contributed by atoms with Gasteiger partial charge in [0.05, 0.1) is 26.0 Å². The molecule has 0 amide bonds. The molecule has 0 fully saturated rings. The lowest BCUT2D eigenvalue weighted by atomic mass is 10.0. The highest BCUT2D eigenvalue weighted by molar-refractivity contribution is 5.43. The van der Waals surface area contributed by atoms with Gasteiger partial charge in [-0.25, -0.2) is 9.37 Å². The van der Waals surface area contributed by atoms with Crippen LogP contribution in [-0.4, -0.2) is 57.7 Å². The fraction of sp³-hybridized carbons (Fsp3) is 0.556. The summed E-state index contributed by atoms with van der Waals surface area (Å²) >= 11 is 0. The number of anilines is 2. The molecule has 8 heteroatoms. The number of nitrogens with one attached hydrogen (secondary N) is 2. The molecule has 0 saturated heterocycles. The molecular formula is C9H15FN4O3. The first kappa shape index (κ1) is 13.6. The molecular weight excluding hydrogens is 231 g/mol. The van der Waals surface area contributed by atoms with Crippen molar-refractivity contribution in [3.05, 3.63) is 12.0 Å². The topological polar surface area (TPSA) is 111 Å². The van der Waals surface area contributed by atoms with E-state index < -0.39 is 31.2 Å². The maximum Gasteiger partial charge on any atom is 0.224 e. The van der Waals surface area contributed by atoms with Crippen LogP contribution in [0.3, 0.4) is 0 Å². The van der Waals surface area contributed by atoms with Crippen molar-refractivity contribution < 1.29 is 19.7 Å². The lowest BCUT2D eigenvalue weighted by molar-refractivity contribution is 0.0828. The second-order valence-electron chi connectivity index (χ2n) is 3.52. The van der Waals surface area contributed by atoms with Gasteiger partial charge in [0, 0.05) is 7.05 Å². The lowest BCUT2D eigenvalue weighted by Gasteiger charge is -2.29. The van der Waals surface area contributed by atoms with Gasteiger partial charge in [-0.3, -0.25) is 0 Å². The molecule has 1 rings (SSSR count). The fourth-order valence-corrected chi connectivity index (χ4v) is 1.09. The van der Waals surface area contributed by atoms with Crippen LogP contribution in [0.5, 0.6) is 0 Å². The number of halogens is 1. The van der Waals surface area contributed by atoms with Crippen LogP contribution in [-0.2, 0) is 0 Å². The van der Waals surface area contributed by atoms with Crippen molar-refractivity contribution in [1.29, 1.82) is 0 Å². The summed E-state index contributed by atoms with van der Waals surface area (Å²) in [6.45, 7) is -1.71. The van der Waals surface area contributed by atoms with E-state index in [-0.39, 0.29) is 11.8 Å². The summed E-state index contributed by atoms with van der Waals surface area (Å²) in [5, 5.41) is 32.4. The summed E-state index contributed by atoms with van der Waals surface area (Å²) in [5.41, 5.74) is -1.43. The smallest absolute Gasteiger partial charge is 0.224 e. The van der Waals surface area contributed by atoms with E-state index in [2.05, 4.69) is 20.6 Å². The monoisotopic (exact) mass is 246 g/mol. The van der Waals surface area contributed by atoms with Crippen molar-refractivity contribution in [2.45, 2.75) is 5.54 Å². The number of aromatic nitrogens is 2. The van der Waals surface area contributed by atoms with Gasteiger partial charge in [0.2, 0.25) is 5.95 Å². The van der Waals surface area contributed by atoms with Crippen molar-refractivity contribution >= 4 is 11.8 Å². The molecule has 5 N–H and O–H groups in total. The van der Waals surface area contributed by atoms with Gasteiger partial charge in [0.15, 0.2) is 11.6 Å². The van der Waals surface area contributed by atoms with Crippen LogP contribution < -0.4 is 10.6 Å². The molecule has 0 unspecified atom stereocenters. The van der Waals surface area contributed by atoms with E-state index in [0.717, 1.165) is 6.20 Å². The van der Waals surface area contributed by atoms with Crippen LogP contribution in [0.25, 0.3) is 0 Å². The number of hydrogen-bond donors (Lipinski definition) is 5. The molecule has 0 spiro atoms. The third-order valence-corrected chi connectivity index (χ3v) is 2.26. The normalized spacial score (nSPS) is 11.4. The third-order valence-electron chi connectivity index (χ3n) is 2.26. The zero-order chi connectivity index (χ0) is 12.9. The number of aliphatic hydroxyl groups excluding tert-OH is 3. The number of rotatable bonds is 6. The zero-order valence-electron chi connectivity index (χ0n) is 9.31. The predicted molar refractivity (Wildman–Crippen MR) is 59.1 cm³/mol. The number of nitrogens with zero attached hydrogens (tertiary/aromatic N) is 2. The van der Waals surface area contributed by atoms with Gasteiger partial charge in [-0.1, -0.05) is 0 Å². The highest BCUT2D eigenvalue weighted by atomic mass is 19.1. The zero-order valence-corrected chi connectivity index (χ0v) is 9.31. The van der Waals surface area contributed by atoms with Crippen LogP contribution in [0.4, 0.5) is 16.2 Å². The van der Waals surface area contributed by atoms with Gasteiger partial charge in [-0.05, 0) is 0 Å². The van der Waals surface area contributed by atoms with E-state index in [1.807, 2.05) is 0 Å². The van der Waals surface area contributed by atoms with Crippen LogP contribution in [0.2, 0.25) is 0 Å². The summed E-state index contributed by atoms with van der Waals surface area (Å²) in [7, 11) is 1.56. The molecule has 1 aromatic heterocycles. The predicted octanol–water partition coefficient (Wildman–Crippen LogP) is -1.22. The van der Waals surface area contributed by atoms with Gasteiger partial charge in [0.1, 0.15) is 5.54 Å². The summed E-state index contributed by atoms with van der Waals surface area (Å²) in [6, 6.07) is 0. The Morgan fingerprint density at radius 3 is 2.35 bits per heavy atom. The standard InChI is InChI=1S/C9H15FN4O3/c1-11-8-12-2-6(10)7(13-8)14-9(3-15,4-16)5-17/h2,15-17H,3-5H2,1H3,(H2,11,12,13,14). The van der Waals surface area contributed by atoms with Gasteiger partial charge in [-0.15, -0.1) is 0 Å². The molecule has 0 aliphatic heterocycles. The van der Waals surface area contributed by atoms with E-state index >= 15 is 0 Å². The van der Waals surface area contributed by atoms with Crippen molar-refractivity contribution in [3.8, 4) is 0 Å². The maximum atomic E-state index is 13.4. The molecule has 1 heterocycles. The van der Waals surface area contributed by atoms with E-state index in [9.17, 15) is 4.39 Å². The number of hydrogen-bond acceptors (Lipinski definition) is 7. The van der Waals surface area contributed by atoms with E-state index in [1.54, 1.807) is 7.05 Å². The second-order valence-corrected chi connectivity index (χ2v) is 3.52. The summed E-state index contributed by atoms with van der Waals surface area (Å²) in [6.07, 6.45) is 0.943. The minimum Gasteiger partial charge on any atom is -0.394 e. The Kier molecular flexibility index (Phi) is 4.55. The first-order chi connectivity index (χ1) is 8.10. The van der Waals surface area contributed by atoms with Crippen LogP contribution in [0.15, 0.2) is 6.20 Å². The minimum atomic E-state index is -1.43. The van der Waals surface area contributed by atoms with Crippen molar-refractivity contribution in [2.24, 2.45) is 0 Å². The Morgan fingerprint density at radius 2 is 1.88 bits per heavy atom. The second kappa shape index (κ2) is 5.71. The summed E-state index contributed by atoms with van der Waals surface area (Å²) < 4.78 is 13.4. The van der Waals surface area contributed by atoms with Crippen molar-refractivity contribution in [1.82, 2.24) is 9.97 Å². The van der Waals surface area contributed by atoms with Gasteiger partial charge >= 0.3 is 0 Å². The molecule has 96 valence electrons. The van der Waals surface area contributed by atoms with Crippen LogP contribution in [0, 0.1) is 5.82 Å². The molecule has 0 aromatic carbocycles. The molecule has 1 aromatic rings. The molecule has 0 aliphatic rings. The average molecular weight is 246 g/mol.